The Kier molecular flexibility index (Phi) is 3.42. The molecule has 2 saturated carbocycles. The Morgan fingerprint density at radius 2 is 2.07 bits per heavy atom. The molecule has 1 spiro atoms. The minimum atomic E-state index is -0.0624. The van der Waals surface area contributed by atoms with Gasteiger partial charge >= 0.3 is 0 Å². The summed E-state index contributed by atoms with van der Waals surface area (Å²) < 4.78 is 10.8. The van der Waals surface area contributed by atoms with E-state index in [-0.39, 0.29) is 11.5 Å². The third kappa shape index (κ3) is 1.95. The standard InChI is InChI=1S/C12H20O3/c1-14-7-4-8-15-11-9-10(13)12(11)5-2-3-6-12/h11H,2-9H2,1H3. The number of ketones is 1. The highest BCUT2D eigenvalue weighted by atomic mass is 16.5. The topological polar surface area (TPSA) is 35.5 Å². The lowest BCUT2D eigenvalue weighted by molar-refractivity contribution is -0.163. The van der Waals surface area contributed by atoms with Crippen molar-refractivity contribution in [2.45, 2.75) is 44.6 Å². The van der Waals surface area contributed by atoms with Crippen LogP contribution in [0.5, 0.6) is 0 Å². The molecule has 0 amide bonds. The number of hydrogen-bond donors (Lipinski definition) is 0. The summed E-state index contributed by atoms with van der Waals surface area (Å²) in [5.74, 6) is 0.441. The molecule has 0 N–H and O–H groups in total. The third-order valence-electron chi connectivity index (χ3n) is 3.85. The Bertz CT molecular complexity index is 231. The maximum Gasteiger partial charge on any atom is 0.144 e. The van der Waals surface area contributed by atoms with Crippen molar-refractivity contribution in [1.82, 2.24) is 0 Å². The molecule has 2 aliphatic rings. The zero-order chi connectivity index (χ0) is 10.7. The molecule has 2 fully saturated rings. The molecule has 3 nitrogen and oxygen atoms in total. The van der Waals surface area contributed by atoms with Crippen LogP contribution in [0.15, 0.2) is 0 Å². The van der Waals surface area contributed by atoms with Gasteiger partial charge in [-0.1, -0.05) is 12.8 Å². The second-order valence-electron chi connectivity index (χ2n) is 4.70. The first kappa shape index (κ1) is 11.1. The second kappa shape index (κ2) is 4.62. The zero-order valence-electron chi connectivity index (χ0n) is 9.46. The van der Waals surface area contributed by atoms with Gasteiger partial charge in [-0.25, -0.2) is 0 Å². The predicted octanol–water partition coefficient (Wildman–Crippen LogP) is 1.94. The van der Waals surface area contributed by atoms with Crippen LogP contribution in [0.4, 0.5) is 0 Å². The van der Waals surface area contributed by atoms with Crippen LogP contribution in [-0.2, 0) is 14.3 Å². The summed E-state index contributed by atoms with van der Waals surface area (Å²) >= 11 is 0. The number of carbonyl (C=O) groups is 1. The summed E-state index contributed by atoms with van der Waals surface area (Å²) in [5, 5.41) is 0. The Balaban J connectivity index is 1.76. The van der Waals surface area contributed by atoms with E-state index in [1.54, 1.807) is 7.11 Å². The largest absolute Gasteiger partial charge is 0.385 e. The van der Waals surface area contributed by atoms with Crippen LogP contribution in [0, 0.1) is 5.41 Å². The number of carbonyl (C=O) groups excluding carboxylic acids is 1. The normalized spacial score (nSPS) is 28.3. The second-order valence-corrected chi connectivity index (χ2v) is 4.70. The molecule has 0 heterocycles. The Hall–Kier alpha value is -0.410. The molecule has 86 valence electrons. The van der Waals surface area contributed by atoms with E-state index in [4.69, 9.17) is 9.47 Å². The van der Waals surface area contributed by atoms with Crippen LogP contribution in [0.2, 0.25) is 0 Å². The third-order valence-corrected chi connectivity index (χ3v) is 3.85. The van der Waals surface area contributed by atoms with E-state index in [2.05, 4.69) is 0 Å². The minimum absolute atomic E-state index is 0.0624. The van der Waals surface area contributed by atoms with Gasteiger partial charge in [-0.15, -0.1) is 0 Å². The van der Waals surface area contributed by atoms with E-state index in [1.165, 1.54) is 12.8 Å². The highest BCUT2D eigenvalue weighted by Gasteiger charge is 2.56. The fourth-order valence-corrected chi connectivity index (χ4v) is 2.87. The van der Waals surface area contributed by atoms with Crippen LogP contribution in [0.1, 0.15) is 38.5 Å². The van der Waals surface area contributed by atoms with Gasteiger partial charge in [-0.3, -0.25) is 4.79 Å². The lowest BCUT2D eigenvalue weighted by atomic mass is 9.63. The predicted molar refractivity (Wildman–Crippen MR) is 56.8 cm³/mol. The lowest BCUT2D eigenvalue weighted by Crippen LogP contribution is -2.53. The van der Waals surface area contributed by atoms with Crippen molar-refractivity contribution in [3.05, 3.63) is 0 Å². The number of Topliss-reactive ketones (excluding diaryl/α,β-unsaturated/α-hetero) is 1. The fourth-order valence-electron chi connectivity index (χ4n) is 2.87. The minimum Gasteiger partial charge on any atom is -0.385 e. The van der Waals surface area contributed by atoms with E-state index < -0.39 is 0 Å². The quantitative estimate of drug-likeness (QED) is 0.653. The van der Waals surface area contributed by atoms with E-state index in [0.29, 0.717) is 12.2 Å². The average molecular weight is 212 g/mol. The molecular weight excluding hydrogens is 192 g/mol. The van der Waals surface area contributed by atoms with Gasteiger partial charge in [0.2, 0.25) is 0 Å². The molecular formula is C12H20O3. The molecule has 1 atom stereocenters. The summed E-state index contributed by atoms with van der Waals surface area (Å²) in [5.41, 5.74) is -0.0624. The molecule has 3 heteroatoms. The Morgan fingerprint density at radius 3 is 2.67 bits per heavy atom. The Morgan fingerprint density at radius 1 is 1.33 bits per heavy atom. The number of rotatable bonds is 5. The zero-order valence-corrected chi connectivity index (χ0v) is 9.46. The molecule has 15 heavy (non-hydrogen) atoms. The highest BCUT2D eigenvalue weighted by Crippen LogP contribution is 2.51. The molecule has 0 aromatic rings. The molecule has 2 aliphatic carbocycles. The number of hydrogen-bond acceptors (Lipinski definition) is 3. The maximum absolute atomic E-state index is 11.6. The van der Waals surface area contributed by atoms with Crippen molar-refractivity contribution in [3.8, 4) is 0 Å². The summed E-state index contributed by atoms with van der Waals surface area (Å²) in [7, 11) is 1.70. The number of methoxy groups -OCH3 is 1. The molecule has 2 rings (SSSR count). The lowest BCUT2D eigenvalue weighted by Gasteiger charge is -2.44. The Labute approximate surface area is 91.1 Å². The van der Waals surface area contributed by atoms with Gasteiger partial charge < -0.3 is 9.47 Å². The van der Waals surface area contributed by atoms with Crippen molar-refractivity contribution in [2.24, 2.45) is 5.41 Å². The fraction of sp³-hybridized carbons (Fsp3) is 0.917. The van der Waals surface area contributed by atoms with Gasteiger partial charge in [0.1, 0.15) is 5.78 Å². The van der Waals surface area contributed by atoms with E-state index in [1.807, 2.05) is 0 Å². The smallest absolute Gasteiger partial charge is 0.144 e. The summed E-state index contributed by atoms with van der Waals surface area (Å²) in [4.78, 5) is 11.6. The first-order chi connectivity index (χ1) is 7.29. The van der Waals surface area contributed by atoms with Crippen molar-refractivity contribution in [1.29, 1.82) is 0 Å². The van der Waals surface area contributed by atoms with Crippen molar-refractivity contribution < 1.29 is 14.3 Å². The SMILES string of the molecule is COCCCOC1CC(=O)C12CCCC2. The highest BCUT2D eigenvalue weighted by molar-refractivity contribution is 5.92. The van der Waals surface area contributed by atoms with Crippen LogP contribution in [-0.4, -0.2) is 32.2 Å². The van der Waals surface area contributed by atoms with Crippen LogP contribution in [0.3, 0.4) is 0 Å². The van der Waals surface area contributed by atoms with E-state index in [0.717, 1.165) is 32.5 Å². The molecule has 0 saturated heterocycles. The molecule has 0 radical (unpaired) electrons. The summed E-state index contributed by atoms with van der Waals surface area (Å²) in [6, 6.07) is 0. The van der Waals surface area contributed by atoms with Crippen molar-refractivity contribution in [3.63, 3.8) is 0 Å². The van der Waals surface area contributed by atoms with E-state index in [9.17, 15) is 4.79 Å². The van der Waals surface area contributed by atoms with E-state index >= 15 is 0 Å². The van der Waals surface area contributed by atoms with Crippen LogP contribution < -0.4 is 0 Å². The molecule has 0 aliphatic heterocycles. The van der Waals surface area contributed by atoms with Crippen molar-refractivity contribution >= 4 is 5.78 Å². The summed E-state index contributed by atoms with van der Waals surface area (Å²) in [6.45, 7) is 1.47. The van der Waals surface area contributed by atoms with Crippen LogP contribution >= 0.6 is 0 Å². The average Bonchev–Trinajstić information content (AvgIpc) is 2.74. The van der Waals surface area contributed by atoms with Gasteiger partial charge in [-0.2, -0.15) is 0 Å². The van der Waals surface area contributed by atoms with Gasteiger partial charge in [0.05, 0.1) is 11.5 Å². The van der Waals surface area contributed by atoms with Gasteiger partial charge in [0.15, 0.2) is 0 Å². The first-order valence-electron chi connectivity index (χ1n) is 5.93. The van der Waals surface area contributed by atoms with Gasteiger partial charge in [0.25, 0.3) is 0 Å². The number of ether oxygens (including phenoxy) is 2. The van der Waals surface area contributed by atoms with Gasteiger partial charge in [0, 0.05) is 26.7 Å². The summed E-state index contributed by atoms with van der Waals surface area (Å²) in [6.07, 6.45) is 6.29. The van der Waals surface area contributed by atoms with Crippen molar-refractivity contribution in [2.75, 3.05) is 20.3 Å². The molecule has 0 bridgehead atoms. The van der Waals surface area contributed by atoms with Gasteiger partial charge in [-0.05, 0) is 19.3 Å². The molecule has 1 unspecified atom stereocenters. The van der Waals surface area contributed by atoms with Crippen LogP contribution in [0.25, 0.3) is 0 Å². The monoisotopic (exact) mass is 212 g/mol. The maximum atomic E-state index is 11.6. The first-order valence-corrected chi connectivity index (χ1v) is 5.93. The molecule has 0 aromatic heterocycles. The molecule has 0 aromatic carbocycles.